The molecule has 6 heteroatoms. The molecule has 0 fully saturated rings. The second kappa shape index (κ2) is 7.74. The van der Waals surface area contributed by atoms with E-state index in [9.17, 15) is 8.42 Å². The molecule has 1 rings (SSSR count). The Morgan fingerprint density at radius 3 is 2.50 bits per heavy atom. The average molecular weight is 293 g/mol. The van der Waals surface area contributed by atoms with Crippen LogP contribution in [0, 0.1) is 13.8 Å². The number of benzene rings is 1. The van der Waals surface area contributed by atoms with E-state index in [1.807, 2.05) is 19.1 Å². The first-order valence-corrected chi connectivity index (χ1v) is 7.22. The van der Waals surface area contributed by atoms with Gasteiger partial charge in [0.05, 0.1) is 4.90 Å². The maximum absolute atomic E-state index is 12.0. The van der Waals surface area contributed by atoms with E-state index in [1.165, 1.54) is 0 Å². The van der Waals surface area contributed by atoms with Gasteiger partial charge < -0.3 is 5.73 Å². The molecule has 0 aliphatic heterocycles. The minimum absolute atomic E-state index is 0. The first-order chi connectivity index (χ1) is 7.97. The van der Waals surface area contributed by atoms with Gasteiger partial charge in [0.25, 0.3) is 0 Å². The maximum Gasteiger partial charge on any atom is 0.240 e. The number of aryl methyl sites for hydroxylation is 2. The summed E-state index contributed by atoms with van der Waals surface area (Å²) in [4.78, 5) is 0.366. The van der Waals surface area contributed by atoms with Gasteiger partial charge >= 0.3 is 0 Å². The zero-order chi connectivity index (χ0) is 12.9. The van der Waals surface area contributed by atoms with Gasteiger partial charge in [-0.2, -0.15) is 0 Å². The lowest BCUT2D eigenvalue weighted by atomic mass is 10.2. The van der Waals surface area contributed by atoms with Crippen LogP contribution >= 0.6 is 12.4 Å². The van der Waals surface area contributed by atoms with Gasteiger partial charge in [0.15, 0.2) is 0 Å². The van der Waals surface area contributed by atoms with Crippen LogP contribution in [0.15, 0.2) is 23.1 Å². The van der Waals surface area contributed by atoms with Crippen LogP contribution in [-0.2, 0) is 10.0 Å². The molecule has 104 valence electrons. The van der Waals surface area contributed by atoms with Crippen molar-refractivity contribution < 1.29 is 8.42 Å². The molecule has 0 unspecified atom stereocenters. The Hall–Kier alpha value is -0.620. The van der Waals surface area contributed by atoms with Crippen molar-refractivity contribution in [3.63, 3.8) is 0 Å². The molecule has 0 bridgehead atoms. The van der Waals surface area contributed by atoms with Crippen molar-refractivity contribution >= 4 is 22.4 Å². The molecule has 0 aliphatic carbocycles. The van der Waals surface area contributed by atoms with Gasteiger partial charge in [-0.15, -0.1) is 12.4 Å². The molecule has 0 saturated heterocycles. The van der Waals surface area contributed by atoms with E-state index in [0.717, 1.165) is 24.0 Å². The highest BCUT2D eigenvalue weighted by Gasteiger charge is 2.15. The smallest absolute Gasteiger partial charge is 0.240 e. The number of hydrogen-bond acceptors (Lipinski definition) is 3. The van der Waals surface area contributed by atoms with Gasteiger partial charge in [0.1, 0.15) is 0 Å². The standard InChI is InChI=1S/C12H20N2O2S.ClH/c1-10-5-6-11(2)12(9-10)17(15,16)14-8-4-3-7-13;/h5-6,9,14H,3-4,7-8,13H2,1-2H3;1H. The van der Waals surface area contributed by atoms with Crippen molar-refractivity contribution in [2.75, 3.05) is 13.1 Å². The highest BCUT2D eigenvalue weighted by molar-refractivity contribution is 7.89. The highest BCUT2D eigenvalue weighted by atomic mass is 35.5. The summed E-state index contributed by atoms with van der Waals surface area (Å²) in [6, 6.07) is 5.42. The number of halogens is 1. The molecule has 1 aromatic carbocycles. The summed E-state index contributed by atoms with van der Waals surface area (Å²) in [6.07, 6.45) is 1.59. The Kier molecular flexibility index (Phi) is 7.47. The van der Waals surface area contributed by atoms with Gasteiger partial charge in [-0.3, -0.25) is 0 Å². The van der Waals surface area contributed by atoms with E-state index in [2.05, 4.69) is 4.72 Å². The van der Waals surface area contributed by atoms with Crippen molar-refractivity contribution in [1.29, 1.82) is 0 Å². The number of rotatable bonds is 6. The normalized spacial score (nSPS) is 11.1. The number of nitrogens with two attached hydrogens (primary N) is 1. The third-order valence-electron chi connectivity index (χ3n) is 2.56. The van der Waals surface area contributed by atoms with Gasteiger partial charge in [0, 0.05) is 6.54 Å². The molecule has 0 heterocycles. The summed E-state index contributed by atoms with van der Waals surface area (Å²) in [5, 5.41) is 0. The molecule has 4 nitrogen and oxygen atoms in total. The summed E-state index contributed by atoms with van der Waals surface area (Å²) >= 11 is 0. The summed E-state index contributed by atoms with van der Waals surface area (Å²) in [7, 11) is -3.38. The monoisotopic (exact) mass is 292 g/mol. The largest absolute Gasteiger partial charge is 0.330 e. The number of nitrogens with one attached hydrogen (secondary N) is 1. The first kappa shape index (κ1) is 17.4. The second-order valence-corrected chi connectivity index (χ2v) is 5.90. The molecule has 0 spiro atoms. The summed E-state index contributed by atoms with van der Waals surface area (Å²) in [5.41, 5.74) is 7.06. The van der Waals surface area contributed by atoms with Crippen LogP contribution < -0.4 is 10.5 Å². The van der Waals surface area contributed by atoms with E-state index in [1.54, 1.807) is 13.0 Å². The lowest BCUT2D eigenvalue weighted by molar-refractivity contribution is 0.576. The molecule has 1 aromatic rings. The number of unbranched alkanes of at least 4 members (excludes halogenated alkanes) is 1. The van der Waals surface area contributed by atoms with Crippen molar-refractivity contribution in [3.8, 4) is 0 Å². The SMILES string of the molecule is Cc1ccc(C)c(S(=O)(=O)NCCCCN)c1.Cl. The van der Waals surface area contributed by atoms with Gasteiger partial charge in [0.2, 0.25) is 10.0 Å². The Balaban J connectivity index is 0.00000289. The van der Waals surface area contributed by atoms with Crippen molar-refractivity contribution in [2.24, 2.45) is 5.73 Å². The van der Waals surface area contributed by atoms with Gasteiger partial charge in [-0.25, -0.2) is 13.1 Å². The minimum atomic E-state index is -3.38. The second-order valence-electron chi connectivity index (χ2n) is 4.16. The first-order valence-electron chi connectivity index (χ1n) is 5.74. The van der Waals surface area contributed by atoms with Crippen LogP contribution in [0.3, 0.4) is 0 Å². The molecule has 0 saturated carbocycles. The number of sulfonamides is 1. The zero-order valence-corrected chi connectivity index (χ0v) is 12.4. The Morgan fingerprint density at radius 1 is 1.22 bits per heavy atom. The van der Waals surface area contributed by atoms with Gasteiger partial charge in [-0.1, -0.05) is 12.1 Å². The van der Waals surface area contributed by atoms with Crippen LogP contribution in [-0.4, -0.2) is 21.5 Å². The topological polar surface area (TPSA) is 72.2 Å². The Bertz CT molecular complexity index is 475. The Labute approximate surface area is 115 Å². The summed E-state index contributed by atoms with van der Waals surface area (Å²) < 4.78 is 26.6. The van der Waals surface area contributed by atoms with Crippen molar-refractivity contribution in [1.82, 2.24) is 4.72 Å². The van der Waals surface area contributed by atoms with E-state index < -0.39 is 10.0 Å². The third kappa shape index (κ3) is 4.94. The fourth-order valence-corrected chi connectivity index (χ4v) is 2.95. The van der Waals surface area contributed by atoms with Crippen LogP contribution in [0.5, 0.6) is 0 Å². The third-order valence-corrected chi connectivity index (χ3v) is 4.16. The van der Waals surface area contributed by atoms with Gasteiger partial charge in [-0.05, 0) is 50.4 Å². The van der Waals surface area contributed by atoms with E-state index in [0.29, 0.717) is 18.0 Å². The van der Waals surface area contributed by atoms with Crippen molar-refractivity contribution in [2.45, 2.75) is 31.6 Å². The Morgan fingerprint density at radius 2 is 1.89 bits per heavy atom. The molecule has 0 atom stereocenters. The molecule has 0 radical (unpaired) electrons. The van der Waals surface area contributed by atoms with E-state index in [4.69, 9.17) is 5.73 Å². The van der Waals surface area contributed by atoms with E-state index >= 15 is 0 Å². The van der Waals surface area contributed by atoms with Crippen LogP contribution in [0.1, 0.15) is 24.0 Å². The molecular weight excluding hydrogens is 272 g/mol. The van der Waals surface area contributed by atoms with Crippen LogP contribution in [0.2, 0.25) is 0 Å². The molecule has 0 aliphatic rings. The highest BCUT2D eigenvalue weighted by Crippen LogP contribution is 2.16. The lowest BCUT2D eigenvalue weighted by Gasteiger charge is -2.09. The van der Waals surface area contributed by atoms with Crippen LogP contribution in [0.25, 0.3) is 0 Å². The maximum atomic E-state index is 12.0. The van der Waals surface area contributed by atoms with Crippen LogP contribution in [0.4, 0.5) is 0 Å². The lowest BCUT2D eigenvalue weighted by Crippen LogP contribution is -2.26. The average Bonchev–Trinajstić information content (AvgIpc) is 2.28. The molecule has 18 heavy (non-hydrogen) atoms. The van der Waals surface area contributed by atoms with Crippen molar-refractivity contribution in [3.05, 3.63) is 29.3 Å². The summed E-state index contributed by atoms with van der Waals surface area (Å²) in [6.45, 7) is 4.71. The molecule has 0 amide bonds. The predicted octanol–water partition coefficient (Wildman–Crippen LogP) is 1.74. The quantitative estimate of drug-likeness (QED) is 0.785. The fraction of sp³-hybridized carbons (Fsp3) is 0.500. The summed E-state index contributed by atoms with van der Waals surface area (Å²) in [5.74, 6) is 0. The van der Waals surface area contributed by atoms with E-state index in [-0.39, 0.29) is 12.4 Å². The minimum Gasteiger partial charge on any atom is -0.330 e. The zero-order valence-electron chi connectivity index (χ0n) is 10.8. The molecule has 3 N–H and O–H groups in total. The predicted molar refractivity (Wildman–Crippen MR) is 76.6 cm³/mol. The fourth-order valence-electron chi connectivity index (χ4n) is 1.55. The number of hydrogen-bond donors (Lipinski definition) is 2. The molecule has 0 aromatic heterocycles. The molecular formula is C12H21ClN2O2S.